The molecule has 0 saturated carbocycles. The smallest absolute Gasteiger partial charge is 0.273 e. The first kappa shape index (κ1) is 18.7. The Kier molecular flexibility index (Phi) is 4.80. The lowest BCUT2D eigenvalue weighted by Crippen LogP contribution is -2.29. The van der Waals surface area contributed by atoms with Gasteiger partial charge >= 0.3 is 0 Å². The first-order chi connectivity index (χ1) is 14.0. The van der Waals surface area contributed by atoms with E-state index < -0.39 is 6.04 Å². The molecule has 0 bridgehead atoms. The fourth-order valence-corrected chi connectivity index (χ4v) is 3.71. The molecule has 0 radical (unpaired) electrons. The van der Waals surface area contributed by atoms with E-state index in [1.165, 1.54) is 6.07 Å². The summed E-state index contributed by atoms with van der Waals surface area (Å²) in [4.78, 5) is 29.5. The van der Waals surface area contributed by atoms with Gasteiger partial charge in [-0.25, -0.2) is 4.52 Å². The van der Waals surface area contributed by atoms with Gasteiger partial charge in [0.05, 0.1) is 12.6 Å². The molecule has 7 heteroatoms. The standard InChI is InChI=1S/C22H22N4O3/c1-4-18(22(28)23-15-8-7-9-16(13-15)29-3)26-19-11-6-5-10-17(19)21-24-20(27)12-14(2)25(21)26/h5-13,18H,4H2,1-3H3,(H,23,28). The van der Waals surface area contributed by atoms with Gasteiger partial charge in [-0.3, -0.25) is 14.3 Å². The first-order valence-corrected chi connectivity index (χ1v) is 9.48. The summed E-state index contributed by atoms with van der Waals surface area (Å²) in [6.45, 7) is 3.81. The Balaban J connectivity index is 1.86. The highest BCUT2D eigenvalue weighted by Gasteiger charge is 2.25. The van der Waals surface area contributed by atoms with Crippen LogP contribution in [0.25, 0.3) is 16.6 Å². The van der Waals surface area contributed by atoms with E-state index in [2.05, 4.69) is 10.3 Å². The van der Waals surface area contributed by atoms with Crippen LogP contribution in [-0.2, 0) is 4.79 Å². The van der Waals surface area contributed by atoms with Gasteiger partial charge < -0.3 is 10.1 Å². The van der Waals surface area contributed by atoms with Gasteiger partial charge in [0.15, 0.2) is 5.65 Å². The van der Waals surface area contributed by atoms with Crippen molar-refractivity contribution in [3.05, 3.63) is 70.6 Å². The van der Waals surface area contributed by atoms with Crippen LogP contribution in [0.15, 0.2) is 59.4 Å². The highest BCUT2D eigenvalue weighted by molar-refractivity contribution is 5.97. The highest BCUT2D eigenvalue weighted by atomic mass is 16.5. The molecule has 1 atom stereocenters. The Morgan fingerprint density at radius 3 is 2.72 bits per heavy atom. The van der Waals surface area contributed by atoms with Crippen LogP contribution in [0.2, 0.25) is 0 Å². The van der Waals surface area contributed by atoms with Crippen molar-refractivity contribution in [3.8, 4) is 5.75 Å². The summed E-state index contributed by atoms with van der Waals surface area (Å²) in [7, 11) is 1.59. The molecule has 2 aromatic heterocycles. The van der Waals surface area contributed by atoms with Crippen LogP contribution in [0.3, 0.4) is 0 Å². The summed E-state index contributed by atoms with van der Waals surface area (Å²) in [5.74, 6) is 0.520. The number of para-hydroxylation sites is 1. The topological polar surface area (TPSA) is 77.6 Å². The van der Waals surface area contributed by atoms with E-state index in [1.807, 2.05) is 65.5 Å². The number of anilines is 1. The Labute approximate surface area is 167 Å². The zero-order valence-electron chi connectivity index (χ0n) is 16.5. The number of aryl methyl sites for hydroxylation is 1. The van der Waals surface area contributed by atoms with E-state index in [0.29, 0.717) is 23.5 Å². The van der Waals surface area contributed by atoms with Gasteiger partial charge in [-0.05, 0) is 37.6 Å². The van der Waals surface area contributed by atoms with Gasteiger partial charge in [-0.1, -0.05) is 25.1 Å². The second kappa shape index (κ2) is 7.43. The molecule has 1 N–H and O–H groups in total. The van der Waals surface area contributed by atoms with Crippen LogP contribution < -0.4 is 15.6 Å². The molecule has 0 aliphatic carbocycles. The number of hydrogen-bond acceptors (Lipinski definition) is 4. The van der Waals surface area contributed by atoms with Crippen LogP contribution in [0.1, 0.15) is 25.1 Å². The number of ether oxygens (including phenoxy) is 1. The Morgan fingerprint density at radius 1 is 1.17 bits per heavy atom. The molecule has 0 aliphatic rings. The van der Waals surface area contributed by atoms with E-state index >= 15 is 0 Å². The van der Waals surface area contributed by atoms with Gasteiger partial charge in [0.25, 0.3) is 5.56 Å². The molecule has 29 heavy (non-hydrogen) atoms. The molecule has 2 heterocycles. The molecule has 1 amide bonds. The number of benzene rings is 2. The highest BCUT2D eigenvalue weighted by Crippen LogP contribution is 2.27. The number of aromatic nitrogens is 3. The van der Waals surface area contributed by atoms with Gasteiger partial charge in [-0.2, -0.15) is 4.98 Å². The van der Waals surface area contributed by atoms with Crippen LogP contribution >= 0.6 is 0 Å². The molecule has 0 fully saturated rings. The average Bonchev–Trinajstić information content (AvgIpc) is 3.03. The van der Waals surface area contributed by atoms with Crippen molar-refractivity contribution in [2.45, 2.75) is 26.3 Å². The average molecular weight is 390 g/mol. The lowest BCUT2D eigenvalue weighted by Gasteiger charge is -2.20. The second-order valence-corrected chi connectivity index (χ2v) is 6.88. The summed E-state index contributed by atoms with van der Waals surface area (Å²) < 4.78 is 9.01. The molecular weight excluding hydrogens is 368 g/mol. The van der Waals surface area contributed by atoms with Crippen molar-refractivity contribution in [2.75, 3.05) is 12.4 Å². The maximum Gasteiger partial charge on any atom is 0.273 e. The molecule has 7 nitrogen and oxygen atoms in total. The third kappa shape index (κ3) is 3.24. The molecule has 4 aromatic rings. The quantitative estimate of drug-likeness (QED) is 0.565. The summed E-state index contributed by atoms with van der Waals surface area (Å²) in [6.07, 6.45) is 0.565. The number of fused-ring (bicyclic) bond motifs is 3. The third-order valence-corrected chi connectivity index (χ3v) is 5.01. The van der Waals surface area contributed by atoms with Crippen LogP contribution in [0.4, 0.5) is 5.69 Å². The summed E-state index contributed by atoms with van der Waals surface area (Å²) in [6, 6.07) is 15.9. The molecule has 0 saturated heterocycles. The number of rotatable bonds is 5. The van der Waals surface area contributed by atoms with Crippen molar-refractivity contribution < 1.29 is 9.53 Å². The molecule has 0 spiro atoms. The number of hydrogen-bond donors (Lipinski definition) is 1. The summed E-state index contributed by atoms with van der Waals surface area (Å²) >= 11 is 0. The lowest BCUT2D eigenvalue weighted by molar-refractivity contribution is -0.119. The minimum Gasteiger partial charge on any atom is -0.497 e. The minimum atomic E-state index is -0.494. The largest absolute Gasteiger partial charge is 0.497 e. The molecule has 148 valence electrons. The number of nitrogens with one attached hydrogen (secondary N) is 1. The van der Waals surface area contributed by atoms with Crippen molar-refractivity contribution in [1.82, 2.24) is 14.2 Å². The monoisotopic (exact) mass is 390 g/mol. The number of amides is 1. The van der Waals surface area contributed by atoms with Crippen molar-refractivity contribution in [3.63, 3.8) is 0 Å². The SMILES string of the molecule is CCC(C(=O)Nc1cccc(OC)c1)n1c2ccccc2c2nc(=O)cc(C)n21. The van der Waals surface area contributed by atoms with Crippen molar-refractivity contribution in [1.29, 1.82) is 0 Å². The molecule has 4 rings (SSSR count). The normalized spacial score (nSPS) is 12.2. The van der Waals surface area contributed by atoms with E-state index in [0.717, 1.165) is 16.6 Å². The van der Waals surface area contributed by atoms with E-state index in [9.17, 15) is 9.59 Å². The number of carbonyl (C=O) groups excluding carboxylic acids is 1. The lowest BCUT2D eigenvalue weighted by atomic mass is 10.2. The van der Waals surface area contributed by atoms with E-state index in [1.54, 1.807) is 13.2 Å². The van der Waals surface area contributed by atoms with E-state index in [4.69, 9.17) is 4.74 Å². The maximum absolute atomic E-state index is 13.2. The fraction of sp³-hybridized carbons (Fsp3) is 0.227. The maximum atomic E-state index is 13.2. The number of carbonyl (C=O) groups is 1. The fourth-order valence-electron chi connectivity index (χ4n) is 3.71. The molecule has 0 aliphatic heterocycles. The molecule has 2 aromatic carbocycles. The Bertz CT molecular complexity index is 1270. The zero-order chi connectivity index (χ0) is 20.5. The first-order valence-electron chi connectivity index (χ1n) is 9.48. The third-order valence-electron chi connectivity index (χ3n) is 5.01. The van der Waals surface area contributed by atoms with Crippen LogP contribution in [0, 0.1) is 6.92 Å². The van der Waals surface area contributed by atoms with Crippen LogP contribution in [0.5, 0.6) is 5.75 Å². The summed E-state index contributed by atoms with van der Waals surface area (Å²) in [5.41, 5.74) is 2.50. The number of methoxy groups -OCH3 is 1. The summed E-state index contributed by atoms with van der Waals surface area (Å²) in [5, 5.41) is 3.82. The molecule has 1 unspecified atom stereocenters. The predicted octanol–water partition coefficient (Wildman–Crippen LogP) is 3.56. The zero-order valence-corrected chi connectivity index (χ0v) is 16.5. The minimum absolute atomic E-state index is 0.151. The van der Waals surface area contributed by atoms with Gasteiger partial charge in [-0.15, -0.1) is 0 Å². The predicted molar refractivity (Wildman–Crippen MR) is 113 cm³/mol. The van der Waals surface area contributed by atoms with Crippen LogP contribution in [-0.4, -0.2) is 27.2 Å². The molecular formula is C22H22N4O3. The second-order valence-electron chi connectivity index (χ2n) is 6.88. The number of nitrogens with zero attached hydrogens (tertiary/aromatic N) is 3. The Hall–Kier alpha value is -3.61. The van der Waals surface area contributed by atoms with Crippen molar-refractivity contribution in [2.24, 2.45) is 0 Å². The van der Waals surface area contributed by atoms with Crippen molar-refractivity contribution >= 4 is 28.1 Å². The van der Waals surface area contributed by atoms with E-state index in [-0.39, 0.29) is 11.5 Å². The van der Waals surface area contributed by atoms with Gasteiger partial charge in [0.2, 0.25) is 5.91 Å². The Morgan fingerprint density at radius 2 is 1.97 bits per heavy atom. The van der Waals surface area contributed by atoms with Gasteiger partial charge in [0, 0.05) is 28.9 Å². The van der Waals surface area contributed by atoms with Gasteiger partial charge in [0.1, 0.15) is 11.8 Å².